The third kappa shape index (κ3) is 2.12. The van der Waals surface area contributed by atoms with Gasteiger partial charge in [0.25, 0.3) is 0 Å². The van der Waals surface area contributed by atoms with Gasteiger partial charge in [0, 0.05) is 18.9 Å². The summed E-state index contributed by atoms with van der Waals surface area (Å²) in [6.45, 7) is 3.01. The van der Waals surface area contributed by atoms with Crippen molar-refractivity contribution in [1.29, 1.82) is 0 Å². The number of anilines is 1. The molecule has 0 bridgehead atoms. The summed E-state index contributed by atoms with van der Waals surface area (Å²) in [7, 11) is 0. The smallest absolute Gasteiger partial charge is 0.222 e. The molecule has 1 atom stereocenters. The molecule has 1 unspecified atom stereocenters. The SMILES string of the molecule is Cc1ccsc1-c1nc2n(n1)C(c1ccncc1)CCN2. The molecule has 1 N–H and O–H groups in total. The number of aryl methyl sites for hydroxylation is 1. The number of aromatic nitrogens is 4. The Morgan fingerprint density at radius 2 is 2.14 bits per heavy atom. The first kappa shape index (κ1) is 12.5. The van der Waals surface area contributed by atoms with Crippen LogP contribution in [0.5, 0.6) is 0 Å². The molecule has 106 valence electrons. The van der Waals surface area contributed by atoms with Gasteiger partial charge in [-0.3, -0.25) is 4.98 Å². The highest BCUT2D eigenvalue weighted by atomic mass is 32.1. The third-order valence-corrected chi connectivity index (χ3v) is 4.80. The minimum Gasteiger partial charge on any atom is -0.354 e. The van der Waals surface area contributed by atoms with Crippen molar-refractivity contribution in [2.45, 2.75) is 19.4 Å². The number of hydrogen-bond acceptors (Lipinski definition) is 5. The molecule has 0 saturated carbocycles. The Hall–Kier alpha value is -2.21. The largest absolute Gasteiger partial charge is 0.354 e. The Kier molecular flexibility index (Phi) is 2.96. The van der Waals surface area contributed by atoms with Gasteiger partial charge in [-0.2, -0.15) is 4.98 Å². The molecule has 1 aliphatic heterocycles. The molecule has 0 spiro atoms. The zero-order valence-corrected chi connectivity index (χ0v) is 12.5. The highest BCUT2D eigenvalue weighted by Crippen LogP contribution is 2.32. The fourth-order valence-corrected chi connectivity index (χ4v) is 3.55. The summed E-state index contributed by atoms with van der Waals surface area (Å²) in [6.07, 6.45) is 4.67. The molecule has 0 saturated heterocycles. The minimum absolute atomic E-state index is 0.228. The van der Waals surface area contributed by atoms with Crippen LogP contribution in [0.2, 0.25) is 0 Å². The van der Waals surface area contributed by atoms with Crippen LogP contribution in [0, 0.1) is 6.92 Å². The quantitative estimate of drug-likeness (QED) is 0.789. The first-order valence-electron chi connectivity index (χ1n) is 6.98. The van der Waals surface area contributed by atoms with Crippen molar-refractivity contribution in [3.05, 3.63) is 47.1 Å². The maximum Gasteiger partial charge on any atom is 0.222 e. The predicted octanol–water partition coefficient (Wildman–Crippen LogP) is 3.12. The second-order valence-corrected chi connectivity index (χ2v) is 6.06. The van der Waals surface area contributed by atoms with Gasteiger partial charge in [0.15, 0.2) is 5.82 Å². The van der Waals surface area contributed by atoms with E-state index in [0.29, 0.717) is 0 Å². The lowest BCUT2D eigenvalue weighted by molar-refractivity contribution is 0.480. The zero-order valence-electron chi connectivity index (χ0n) is 11.7. The van der Waals surface area contributed by atoms with E-state index in [1.54, 1.807) is 11.3 Å². The maximum atomic E-state index is 4.74. The second kappa shape index (κ2) is 4.96. The Morgan fingerprint density at radius 1 is 1.29 bits per heavy atom. The number of hydrogen-bond donors (Lipinski definition) is 1. The molecule has 0 fully saturated rings. The molecule has 1 aliphatic rings. The number of fused-ring (bicyclic) bond motifs is 1. The maximum absolute atomic E-state index is 4.74. The summed E-state index contributed by atoms with van der Waals surface area (Å²) in [5.74, 6) is 1.66. The van der Waals surface area contributed by atoms with Crippen molar-refractivity contribution in [3.8, 4) is 10.7 Å². The van der Waals surface area contributed by atoms with Gasteiger partial charge in [-0.05, 0) is 48.1 Å². The Balaban J connectivity index is 1.79. The van der Waals surface area contributed by atoms with E-state index in [0.717, 1.165) is 29.6 Å². The number of rotatable bonds is 2. The summed E-state index contributed by atoms with van der Waals surface area (Å²) >= 11 is 1.69. The average molecular weight is 297 g/mol. The first-order chi connectivity index (χ1) is 10.3. The van der Waals surface area contributed by atoms with Gasteiger partial charge < -0.3 is 5.32 Å². The van der Waals surface area contributed by atoms with E-state index >= 15 is 0 Å². The molecule has 0 aromatic carbocycles. The molecule has 6 heteroatoms. The molecule has 0 amide bonds. The van der Waals surface area contributed by atoms with E-state index in [2.05, 4.69) is 45.8 Å². The van der Waals surface area contributed by atoms with Crippen LogP contribution in [-0.2, 0) is 0 Å². The fourth-order valence-electron chi connectivity index (χ4n) is 2.70. The highest BCUT2D eigenvalue weighted by Gasteiger charge is 2.25. The van der Waals surface area contributed by atoms with Crippen LogP contribution in [0.1, 0.15) is 23.6 Å². The summed E-state index contributed by atoms with van der Waals surface area (Å²) in [5, 5.41) is 10.2. The Morgan fingerprint density at radius 3 is 2.90 bits per heavy atom. The Bertz CT molecular complexity index is 761. The number of nitrogens with one attached hydrogen (secondary N) is 1. The van der Waals surface area contributed by atoms with Crippen LogP contribution in [0.4, 0.5) is 5.95 Å². The Labute approximate surface area is 126 Å². The molecule has 4 heterocycles. The number of nitrogens with zero attached hydrogens (tertiary/aromatic N) is 4. The topological polar surface area (TPSA) is 55.6 Å². The van der Waals surface area contributed by atoms with E-state index in [9.17, 15) is 0 Å². The van der Waals surface area contributed by atoms with E-state index in [1.807, 2.05) is 17.1 Å². The van der Waals surface area contributed by atoms with Crippen LogP contribution in [0.15, 0.2) is 36.0 Å². The van der Waals surface area contributed by atoms with Gasteiger partial charge in [0.1, 0.15) is 0 Å². The molecular weight excluding hydrogens is 282 g/mol. The summed E-state index contributed by atoms with van der Waals surface area (Å²) in [6, 6.07) is 6.44. The van der Waals surface area contributed by atoms with Gasteiger partial charge in [-0.25, -0.2) is 4.68 Å². The summed E-state index contributed by atoms with van der Waals surface area (Å²) in [5.41, 5.74) is 2.45. The zero-order chi connectivity index (χ0) is 14.2. The molecular formula is C15H15N5S. The van der Waals surface area contributed by atoms with Crippen LogP contribution in [0.25, 0.3) is 10.7 Å². The molecule has 0 aliphatic carbocycles. The molecule has 3 aromatic heterocycles. The lowest BCUT2D eigenvalue weighted by atomic mass is 10.0. The van der Waals surface area contributed by atoms with Crippen molar-refractivity contribution in [2.75, 3.05) is 11.9 Å². The van der Waals surface area contributed by atoms with Crippen LogP contribution >= 0.6 is 11.3 Å². The van der Waals surface area contributed by atoms with Crippen molar-refractivity contribution >= 4 is 17.3 Å². The summed E-state index contributed by atoms with van der Waals surface area (Å²) < 4.78 is 2.01. The van der Waals surface area contributed by atoms with Gasteiger partial charge >= 0.3 is 0 Å². The third-order valence-electron chi connectivity index (χ3n) is 3.78. The second-order valence-electron chi connectivity index (χ2n) is 5.15. The van der Waals surface area contributed by atoms with E-state index in [1.165, 1.54) is 11.1 Å². The van der Waals surface area contributed by atoms with Gasteiger partial charge in [0.2, 0.25) is 5.95 Å². The minimum atomic E-state index is 0.228. The van der Waals surface area contributed by atoms with Crippen molar-refractivity contribution < 1.29 is 0 Å². The number of thiophene rings is 1. The lowest BCUT2D eigenvalue weighted by Gasteiger charge is -2.24. The normalized spacial score (nSPS) is 17.3. The van der Waals surface area contributed by atoms with E-state index < -0.39 is 0 Å². The van der Waals surface area contributed by atoms with Gasteiger partial charge in [0.05, 0.1) is 10.9 Å². The van der Waals surface area contributed by atoms with Crippen molar-refractivity contribution in [1.82, 2.24) is 19.7 Å². The number of pyridine rings is 1. The highest BCUT2D eigenvalue weighted by molar-refractivity contribution is 7.13. The predicted molar refractivity (Wildman–Crippen MR) is 83.6 cm³/mol. The lowest BCUT2D eigenvalue weighted by Crippen LogP contribution is -2.24. The average Bonchev–Trinajstić information content (AvgIpc) is 3.13. The van der Waals surface area contributed by atoms with Crippen LogP contribution in [0.3, 0.4) is 0 Å². The fraction of sp³-hybridized carbons (Fsp3) is 0.267. The van der Waals surface area contributed by atoms with Crippen molar-refractivity contribution in [2.24, 2.45) is 0 Å². The van der Waals surface area contributed by atoms with Gasteiger partial charge in [-0.1, -0.05) is 0 Å². The monoisotopic (exact) mass is 297 g/mol. The first-order valence-corrected chi connectivity index (χ1v) is 7.86. The summed E-state index contributed by atoms with van der Waals surface area (Å²) in [4.78, 5) is 9.91. The standard InChI is InChI=1S/C15H15N5S/c1-10-5-9-21-13(10)14-18-15-17-8-4-12(20(15)19-14)11-2-6-16-7-3-11/h2-3,5-7,9,12H,4,8H2,1H3,(H,17,18,19). The molecule has 21 heavy (non-hydrogen) atoms. The van der Waals surface area contributed by atoms with Crippen LogP contribution < -0.4 is 5.32 Å². The molecule has 5 nitrogen and oxygen atoms in total. The van der Waals surface area contributed by atoms with E-state index in [4.69, 9.17) is 5.10 Å². The molecule has 0 radical (unpaired) electrons. The van der Waals surface area contributed by atoms with Crippen molar-refractivity contribution in [3.63, 3.8) is 0 Å². The van der Waals surface area contributed by atoms with E-state index in [-0.39, 0.29) is 6.04 Å². The van der Waals surface area contributed by atoms with Crippen LogP contribution in [-0.4, -0.2) is 26.3 Å². The molecule has 4 rings (SSSR count). The molecule has 3 aromatic rings. The van der Waals surface area contributed by atoms with Gasteiger partial charge in [-0.15, -0.1) is 16.4 Å².